The summed E-state index contributed by atoms with van der Waals surface area (Å²) in [4.78, 5) is 14.9. The second-order valence-corrected chi connectivity index (χ2v) is 5.13. The molecule has 1 heterocycles. The Morgan fingerprint density at radius 1 is 1.35 bits per heavy atom. The second kappa shape index (κ2) is 5.10. The third kappa shape index (κ3) is 2.33. The Balaban J connectivity index is 2.19. The quantitative estimate of drug-likeness (QED) is 0.835. The molecule has 0 aromatic heterocycles. The summed E-state index contributed by atoms with van der Waals surface area (Å²) in [5.41, 5.74) is 1.15. The maximum atomic E-state index is 11.9. The Morgan fingerprint density at radius 2 is 2.00 bits per heavy atom. The molecule has 2 atom stereocenters. The highest BCUT2D eigenvalue weighted by Gasteiger charge is 2.35. The zero-order valence-corrected chi connectivity index (χ0v) is 11.3. The number of thioether (sulfide) groups is 1. The molecule has 1 aliphatic heterocycles. The van der Waals surface area contributed by atoms with Gasteiger partial charge in [0.25, 0.3) is 0 Å². The summed E-state index contributed by atoms with van der Waals surface area (Å²) in [6.07, 6.45) is 2.91. The van der Waals surface area contributed by atoms with Crippen LogP contribution in [0.15, 0.2) is 29.2 Å². The normalized spacial score (nSPS) is 24.4. The molecular formula is C13H18N2OS. The number of rotatable bonds is 3. The van der Waals surface area contributed by atoms with Crippen molar-refractivity contribution in [3.05, 3.63) is 29.8 Å². The Morgan fingerprint density at radius 3 is 2.47 bits per heavy atom. The topological polar surface area (TPSA) is 32.3 Å². The molecule has 1 saturated heterocycles. The molecule has 2 rings (SSSR count). The van der Waals surface area contributed by atoms with Gasteiger partial charge in [0.05, 0.1) is 6.04 Å². The number of amides is 1. The van der Waals surface area contributed by atoms with E-state index in [0.29, 0.717) is 0 Å². The van der Waals surface area contributed by atoms with Gasteiger partial charge in [0, 0.05) is 11.9 Å². The van der Waals surface area contributed by atoms with E-state index in [0.717, 1.165) is 12.0 Å². The van der Waals surface area contributed by atoms with Crippen molar-refractivity contribution in [2.45, 2.75) is 30.4 Å². The van der Waals surface area contributed by atoms with Crippen molar-refractivity contribution in [2.24, 2.45) is 0 Å². The van der Waals surface area contributed by atoms with E-state index >= 15 is 0 Å². The molecule has 0 spiro atoms. The molecule has 1 N–H and O–H groups in total. The zero-order valence-electron chi connectivity index (χ0n) is 10.4. The van der Waals surface area contributed by atoms with E-state index < -0.39 is 0 Å². The van der Waals surface area contributed by atoms with Crippen LogP contribution < -0.4 is 5.32 Å². The van der Waals surface area contributed by atoms with Gasteiger partial charge in [-0.05, 0) is 30.4 Å². The molecule has 0 saturated carbocycles. The van der Waals surface area contributed by atoms with Gasteiger partial charge in [0.2, 0.25) is 5.91 Å². The van der Waals surface area contributed by atoms with Gasteiger partial charge >= 0.3 is 0 Å². The summed E-state index contributed by atoms with van der Waals surface area (Å²) in [5, 5.41) is 3.36. The molecule has 0 aliphatic carbocycles. The fourth-order valence-electron chi connectivity index (χ4n) is 2.15. The van der Waals surface area contributed by atoms with Crippen LogP contribution in [0.3, 0.4) is 0 Å². The number of carbonyl (C=O) groups is 1. The monoisotopic (exact) mass is 250 g/mol. The number of nitrogens with one attached hydrogen (secondary N) is 1. The third-order valence-electron chi connectivity index (χ3n) is 3.23. The van der Waals surface area contributed by atoms with Crippen LogP contribution in [0.4, 0.5) is 0 Å². The second-order valence-electron chi connectivity index (χ2n) is 4.25. The van der Waals surface area contributed by atoms with E-state index in [4.69, 9.17) is 0 Å². The van der Waals surface area contributed by atoms with Crippen LogP contribution in [0.5, 0.6) is 0 Å². The van der Waals surface area contributed by atoms with Crippen LogP contribution in [-0.4, -0.2) is 30.2 Å². The van der Waals surface area contributed by atoms with Crippen molar-refractivity contribution in [3.63, 3.8) is 0 Å². The summed E-state index contributed by atoms with van der Waals surface area (Å²) < 4.78 is 0. The van der Waals surface area contributed by atoms with E-state index in [1.165, 1.54) is 4.90 Å². The van der Waals surface area contributed by atoms with E-state index in [1.54, 1.807) is 16.7 Å². The lowest BCUT2D eigenvalue weighted by molar-refractivity contribution is -0.128. The highest BCUT2D eigenvalue weighted by Crippen LogP contribution is 2.26. The van der Waals surface area contributed by atoms with Crippen LogP contribution in [0, 0.1) is 0 Å². The number of carbonyl (C=O) groups excluding carboxylic acids is 1. The van der Waals surface area contributed by atoms with Crippen molar-refractivity contribution in [3.8, 4) is 0 Å². The van der Waals surface area contributed by atoms with Gasteiger partial charge in [0.1, 0.15) is 6.17 Å². The van der Waals surface area contributed by atoms with Crippen LogP contribution in [0.1, 0.15) is 25.1 Å². The van der Waals surface area contributed by atoms with E-state index in [1.807, 2.05) is 14.0 Å². The van der Waals surface area contributed by atoms with Crippen molar-refractivity contribution < 1.29 is 4.79 Å². The molecule has 3 nitrogen and oxygen atoms in total. The van der Waals surface area contributed by atoms with Crippen molar-refractivity contribution in [2.75, 3.05) is 13.3 Å². The summed E-state index contributed by atoms with van der Waals surface area (Å²) >= 11 is 1.73. The molecule has 1 fully saturated rings. The Labute approximate surface area is 107 Å². The predicted octanol–water partition coefficient (Wildman–Crippen LogP) is 2.25. The maximum absolute atomic E-state index is 11.9. The zero-order chi connectivity index (χ0) is 12.4. The van der Waals surface area contributed by atoms with Gasteiger partial charge in [-0.1, -0.05) is 19.1 Å². The van der Waals surface area contributed by atoms with Crippen LogP contribution >= 0.6 is 11.8 Å². The Hall–Kier alpha value is -1.00. The molecule has 1 aromatic carbocycles. The van der Waals surface area contributed by atoms with E-state index in [9.17, 15) is 4.79 Å². The minimum absolute atomic E-state index is 0.0170. The Kier molecular flexibility index (Phi) is 3.74. The number of nitrogens with zero attached hydrogens (tertiary/aromatic N) is 1. The highest BCUT2D eigenvalue weighted by atomic mass is 32.2. The summed E-state index contributed by atoms with van der Waals surface area (Å²) in [6, 6.07) is 8.33. The first kappa shape index (κ1) is 12.5. The van der Waals surface area contributed by atoms with E-state index in [-0.39, 0.29) is 18.1 Å². The molecule has 0 radical (unpaired) electrons. The van der Waals surface area contributed by atoms with Gasteiger partial charge in [0.15, 0.2) is 0 Å². The predicted molar refractivity (Wildman–Crippen MR) is 70.9 cm³/mol. The standard InChI is InChI=1S/C13H18N2OS/c1-4-11-13(16)15(2)12(14-11)9-5-7-10(17-3)8-6-9/h5-8,11-12,14H,4H2,1-3H3. The molecule has 1 aliphatic rings. The SMILES string of the molecule is CCC1NC(c2ccc(SC)cc2)N(C)C1=O. The minimum Gasteiger partial charge on any atom is -0.325 e. The van der Waals surface area contributed by atoms with Gasteiger partial charge in [-0.25, -0.2) is 0 Å². The molecule has 17 heavy (non-hydrogen) atoms. The lowest BCUT2D eigenvalue weighted by Crippen LogP contribution is -2.27. The first-order valence-electron chi connectivity index (χ1n) is 5.84. The van der Waals surface area contributed by atoms with Gasteiger partial charge in [-0.2, -0.15) is 0 Å². The van der Waals surface area contributed by atoms with Crippen molar-refractivity contribution in [1.29, 1.82) is 0 Å². The van der Waals surface area contributed by atoms with Gasteiger partial charge in [-0.15, -0.1) is 11.8 Å². The first-order chi connectivity index (χ1) is 8.17. The molecule has 4 heteroatoms. The Bertz CT molecular complexity index is 404. The molecule has 1 aromatic rings. The number of hydrogen-bond acceptors (Lipinski definition) is 3. The molecule has 1 amide bonds. The summed E-state index contributed by atoms with van der Waals surface area (Å²) in [6.45, 7) is 2.03. The maximum Gasteiger partial charge on any atom is 0.241 e. The van der Waals surface area contributed by atoms with Crippen LogP contribution in [0.25, 0.3) is 0 Å². The fourth-order valence-corrected chi connectivity index (χ4v) is 2.55. The fraction of sp³-hybridized carbons (Fsp3) is 0.462. The molecular weight excluding hydrogens is 232 g/mol. The van der Waals surface area contributed by atoms with Crippen LogP contribution in [-0.2, 0) is 4.79 Å². The summed E-state index contributed by atoms with van der Waals surface area (Å²) in [5.74, 6) is 0.187. The van der Waals surface area contributed by atoms with Gasteiger partial charge < -0.3 is 4.90 Å². The smallest absolute Gasteiger partial charge is 0.241 e. The molecule has 0 bridgehead atoms. The molecule has 92 valence electrons. The lowest BCUT2D eigenvalue weighted by atomic mass is 10.1. The highest BCUT2D eigenvalue weighted by molar-refractivity contribution is 7.98. The molecule has 2 unspecified atom stereocenters. The van der Waals surface area contributed by atoms with Crippen molar-refractivity contribution in [1.82, 2.24) is 10.2 Å². The van der Waals surface area contributed by atoms with Gasteiger partial charge in [-0.3, -0.25) is 10.1 Å². The van der Waals surface area contributed by atoms with E-state index in [2.05, 4.69) is 35.8 Å². The van der Waals surface area contributed by atoms with Crippen molar-refractivity contribution >= 4 is 17.7 Å². The minimum atomic E-state index is -0.0368. The number of likely N-dealkylation sites (N-methyl/N-ethyl adjacent to an activating group) is 1. The largest absolute Gasteiger partial charge is 0.325 e. The lowest BCUT2D eigenvalue weighted by Gasteiger charge is -2.19. The van der Waals surface area contributed by atoms with Crippen LogP contribution in [0.2, 0.25) is 0 Å². The average Bonchev–Trinajstić information content (AvgIpc) is 2.66. The summed E-state index contributed by atoms with van der Waals surface area (Å²) in [7, 11) is 1.86. The third-order valence-corrected chi connectivity index (χ3v) is 3.98. The number of hydrogen-bond donors (Lipinski definition) is 1. The first-order valence-corrected chi connectivity index (χ1v) is 7.06. The average molecular weight is 250 g/mol. The number of benzene rings is 1.